The quantitative estimate of drug-likeness (QED) is 0.366. The summed E-state index contributed by atoms with van der Waals surface area (Å²) in [6.07, 6.45) is -4.65. The predicted molar refractivity (Wildman–Crippen MR) is 138 cm³/mol. The molecule has 7 nitrogen and oxygen atoms in total. The second kappa shape index (κ2) is 10.7. The summed E-state index contributed by atoms with van der Waals surface area (Å²) in [5.41, 5.74) is -1.67. The van der Waals surface area contributed by atoms with Crippen molar-refractivity contribution in [2.45, 2.75) is 18.6 Å². The summed E-state index contributed by atoms with van der Waals surface area (Å²) in [7, 11) is 1.66. The average Bonchev–Trinajstić information content (AvgIpc) is 3.41. The van der Waals surface area contributed by atoms with Gasteiger partial charge in [-0.3, -0.25) is 14.4 Å². The third-order valence-electron chi connectivity index (χ3n) is 6.87. The molecule has 0 saturated carbocycles. The van der Waals surface area contributed by atoms with Gasteiger partial charge >= 0.3 is 6.18 Å². The summed E-state index contributed by atoms with van der Waals surface area (Å²) < 4.78 is 73.8. The molecule has 1 saturated heterocycles. The lowest BCUT2D eigenvalue weighted by Gasteiger charge is -2.19. The van der Waals surface area contributed by atoms with Gasteiger partial charge in [0.15, 0.2) is 0 Å². The Labute approximate surface area is 235 Å². The molecule has 13 heteroatoms. The molecule has 0 unspecified atom stereocenters. The van der Waals surface area contributed by atoms with Crippen molar-refractivity contribution in [3.8, 4) is 5.75 Å². The van der Waals surface area contributed by atoms with Crippen LogP contribution >= 0.6 is 11.6 Å². The molecule has 2 atom stereocenters. The number of likely N-dealkylation sites (tertiary alicyclic amines) is 1. The highest BCUT2D eigenvalue weighted by Gasteiger charge is 2.36. The lowest BCUT2D eigenvalue weighted by molar-refractivity contribution is -0.137. The second-order valence-corrected chi connectivity index (χ2v) is 10.2. The molecular weight excluding hydrogens is 573 g/mol. The van der Waals surface area contributed by atoms with Gasteiger partial charge in [0.2, 0.25) is 5.91 Å². The van der Waals surface area contributed by atoms with E-state index in [0.717, 1.165) is 12.1 Å². The number of benzene rings is 3. The van der Waals surface area contributed by atoms with Gasteiger partial charge < -0.3 is 20.3 Å². The second-order valence-electron chi connectivity index (χ2n) is 9.84. The maximum atomic E-state index is 14.1. The SMILES string of the molecule is CN1C[C@@H](COc2cc(NC(=O)c3cc(F)cc(C(F)(F)F)c3)c3c(c2)C(=O)N[C@@H]3c2cc(F)ccc2Cl)CC1=O. The molecule has 41 heavy (non-hydrogen) atoms. The van der Waals surface area contributed by atoms with E-state index in [-0.39, 0.29) is 64.1 Å². The first-order chi connectivity index (χ1) is 19.3. The van der Waals surface area contributed by atoms with Gasteiger partial charge in [0.1, 0.15) is 17.4 Å². The van der Waals surface area contributed by atoms with E-state index in [1.165, 1.54) is 18.2 Å². The van der Waals surface area contributed by atoms with Gasteiger partial charge in [0, 0.05) is 53.7 Å². The first-order valence-electron chi connectivity index (χ1n) is 12.3. The Kier molecular flexibility index (Phi) is 7.37. The van der Waals surface area contributed by atoms with Crippen molar-refractivity contribution in [1.29, 1.82) is 0 Å². The number of nitrogens with zero attached hydrogens (tertiary/aromatic N) is 1. The van der Waals surface area contributed by atoms with Gasteiger partial charge in [-0.15, -0.1) is 0 Å². The normalized spacial score (nSPS) is 18.4. The third kappa shape index (κ3) is 5.83. The van der Waals surface area contributed by atoms with Crippen LogP contribution in [0.4, 0.5) is 27.6 Å². The minimum atomic E-state index is -4.91. The molecule has 2 N–H and O–H groups in total. The highest BCUT2D eigenvalue weighted by Crippen LogP contribution is 2.42. The van der Waals surface area contributed by atoms with Gasteiger partial charge in [-0.25, -0.2) is 8.78 Å². The van der Waals surface area contributed by atoms with E-state index in [1.807, 2.05) is 0 Å². The number of amides is 3. The Morgan fingerprint density at radius 2 is 1.85 bits per heavy atom. The molecule has 3 aromatic carbocycles. The van der Waals surface area contributed by atoms with E-state index >= 15 is 0 Å². The number of carbonyl (C=O) groups excluding carboxylic acids is 3. The predicted octanol–water partition coefficient (Wildman–Crippen LogP) is 5.58. The van der Waals surface area contributed by atoms with E-state index in [1.54, 1.807) is 11.9 Å². The number of anilines is 1. The number of rotatable bonds is 6. The van der Waals surface area contributed by atoms with Crippen LogP contribution in [-0.2, 0) is 11.0 Å². The van der Waals surface area contributed by atoms with E-state index in [2.05, 4.69) is 10.6 Å². The molecule has 214 valence electrons. The maximum absolute atomic E-state index is 14.1. The van der Waals surface area contributed by atoms with Crippen LogP contribution in [0, 0.1) is 17.6 Å². The van der Waals surface area contributed by atoms with E-state index in [9.17, 15) is 36.3 Å². The summed E-state index contributed by atoms with van der Waals surface area (Å²) in [4.78, 5) is 39.6. The largest absolute Gasteiger partial charge is 0.493 e. The number of ether oxygens (including phenoxy) is 1. The Morgan fingerprint density at radius 3 is 2.54 bits per heavy atom. The summed E-state index contributed by atoms with van der Waals surface area (Å²) in [6, 6.07) is 6.63. The number of carbonyl (C=O) groups is 3. The van der Waals surface area contributed by atoms with Crippen LogP contribution in [0.1, 0.15) is 49.9 Å². The maximum Gasteiger partial charge on any atom is 0.416 e. The minimum Gasteiger partial charge on any atom is -0.493 e. The number of halogens is 6. The molecule has 3 amide bonds. The first-order valence-corrected chi connectivity index (χ1v) is 12.7. The fraction of sp³-hybridized carbons (Fsp3) is 0.250. The number of hydrogen-bond donors (Lipinski definition) is 2. The van der Waals surface area contributed by atoms with Crippen LogP contribution in [0.3, 0.4) is 0 Å². The fourth-order valence-corrected chi connectivity index (χ4v) is 5.15. The Hall–Kier alpha value is -4.19. The molecule has 0 radical (unpaired) electrons. The summed E-state index contributed by atoms with van der Waals surface area (Å²) in [5.74, 6) is -3.69. The van der Waals surface area contributed by atoms with Crippen LogP contribution in [0.15, 0.2) is 48.5 Å². The smallest absolute Gasteiger partial charge is 0.416 e. The van der Waals surface area contributed by atoms with Gasteiger partial charge in [0.05, 0.1) is 29.5 Å². The summed E-state index contributed by atoms with van der Waals surface area (Å²) in [5, 5.41) is 5.24. The number of fused-ring (bicyclic) bond motifs is 1. The Morgan fingerprint density at radius 1 is 1.10 bits per heavy atom. The molecule has 2 aliphatic heterocycles. The monoisotopic (exact) mass is 593 g/mol. The van der Waals surface area contributed by atoms with Crippen molar-refractivity contribution in [3.05, 3.63) is 93.0 Å². The zero-order chi connectivity index (χ0) is 29.6. The molecule has 0 bridgehead atoms. The van der Waals surface area contributed by atoms with E-state index < -0.39 is 46.8 Å². The lowest BCUT2D eigenvalue weighted by Crippen LogP contribution is -2.21. The van der Waals surface area contributed by atoms with Crippen molar-refractivity contribution in [2.24, 2.45) is 5.92 Å². The molecule has 0 aliphatic carbocycles. The Balaban J connectivity index is 1.54. The standard InChI is InChI=1S/C28H21ClF5N3O4/c1-37-11-13(4-23(37)38)12-41-18-9-20-24(25(36-27(20)40)19-8-16(30)2-3-21(19)29)22(10-18)35-26(39)14-5-15(28(32,33)34)7-17(31)6-14/h2-3,5-10,13,25H,4,11-12H2,1H3,(H,35,39)(H,36,40)/t13-,25+/m0/s1. The van der Waals surface area contributed by atoms with Crippen molar-refractivity contribution < 1.29 is 41.1 Å². The molecule has 3 aromatic rings. The highest BCUT2D eigenvalue weighted by atomic mass is 35.5. The fourth-order valence-electron chi connectivity index (χ4n) is 4.92. The van der Waals surface area contributed by atoms with Gasteiger partial charge in [-0.2, -0.15) is 13.2 Å². The average molecular weight is 594 g/mol. The van der Waals surface area contributed by atoms with Crippen LogP contribution in [-0.4, -0.2) is 42.8 Å². The van der Waals surface area contributed by atoms with Crippen molar-refractivity contribution in [3.63, 3.8) is 0 Å². The molecule has 2 aliphatic rings. The van der Waals surface area contributed by atoms with E-state index in [4.69, 9.17) is 16.3 Å². The molecule has 2 heterocycles. The first kappa shape index (κ1) is 28.3. The van der Waals surface area contributed by atoms with Crippen molar-refractivity contribution >= 4 is 35.0 Å². The minimum absolute atomic E-state index is 0.0398. The topological polar surface area (TPSA) is 87.7 Å². The molecule has 5 rings (SSSR count). The number of alkyl halides is 3. The molecule has 1 fully saturated rings. The lowest BCUT2D eigenvalue weighted by atomic mass is 9.95. The van der Waals surface area contributed by atoms with Gasteiger partial charge in [-0.05, 0) is 42.5 Å². The van der Waals surface area contributed by atoms with Crippen molar-refractivity contribution in [1.82, 2.24) is 10.2 Å². The molecular formula is C28H21ClF5N3O4. The summed E-state index contributed by atoms with van der Waals surface area (Å²) in [6.45, 7) is 0.553. The number of hydrogen-bond acceptors (Lipinski definition) is 4. The van der Waals surface area contributed by atoms with Gasteiger partial charge in [0.25, 0.3) is 11.8 Å². The third-order valence-corrected chi connectivity index (χ3v) is 7.22. The summed E-state index contributed by atoms with van der Waals surface area (Å²) >= 11 is 6.29. The Bertz CT molecular complexity index is 1580. The van der Waals surface area contributed by atoms with Gasteiger partial charge in [-0.1, -0.05) is 11.6 Å². The molecule has 0 aromatic heterocycles. The van der Waals surface area contributed by atoms with Crippen LogP contribution in [0.5, 0.6) is 5.75 Å². The van der Waals surface area contributed by atoms with Crippen LogP contribution in [0.2, 0.25) is 5.02 Å². The van der Waals surface area contributed by atoms with Crippen LogP contribution < -0.4 is 15.4 Å². The van der Waals surface area contributed by atoms with Crippen LogP contribution in [0.25, 0.3) is 0 Å². The zero-order valence-electron chi connectivity index (χ0n) is 21.2. The van der Waals surface area contributed by atoms with Crippen molar-refractivity contribution in [2.75, 3.05) is 25.5 Å². The molecule has 0 spiro atoms. The zero-order valence-corrected chi connectivity index (χ0v) is 22.0. The number of nitrogens with one attached hydrogen (secondary N) is 2. The highest BCUT2D eigenvalue weighted by molar-refractivity contribution is 6.31. The van der Waals surface area contributed by atoms with E-state index in [0.29, 0.717) is 18.7 Å².